The molecular weight excluding hydrogens is 208 g/mol. The van der Waals surface area contributed by atoms with Crippen LogP contribution < -0.4 is 11.5 Å². The van der Waals surface area contributed by atoms with Crippen molar-refractivity contribution in [1.82, 2.24) is 11.5 Å². The van der Waals surface area contributed by atoms with Gasteiger partial charge in [-0.2, -0.15) is 8.42 Å². The Morgan fingerprint density at radius 2 is 2.00 bits per heavy atom. The van der Waals surface area contributed by atoms with Crippen LogP contribution in [0.3, 0.4) is 0 Å². The van der Waals surface area contributed by atoms with Crippen LogP contribution in [0.2, 0.25) is 0 Å². The fourth-order valence-corrected chi connectivity index (χ4v) is 1.86. The van der Waals surface area contributed by atoms with Crippen LogP contribution >= 0.6 is 0 Å². The van der Waals surface area contributed by atoms with Crippen LogP contribution in [-0.2, 0) is 14.9 Å². The van der Waals surface area contributed by atoms with Crippen molar-refractivity contribution in [2.75, 3.05) is 5.75 Å². The highest BCUT2D eigenvalue weighted by molar-refractivity contribution is 7.85. The van der Waals surface area contributed by atoms with Gasteiger partial charge in [0.1, 0.15) is 0 Å². The van der Waals surface area contributed by atoms with Crippen molar-refractivity contribution < 1.29 is 17.8 Å². The van der Waals surface area contributed by atoms with E-state index in [1.165, 1.54) is 13.8 Å². The molecule has 0 radical (unpaired) electrons. The Balaban J connectivity index is 0. The standard InChI is InChI=1S/C7H13NO4S.H3N/c1-4-6(9)8-7(2,3)5-13(10,11)12;/h4H,1,5H2,2-3H3,(H,8,9)(H,10,11,12);1H3. The summed E-state index contributed by atoms with van der Waals surface area (Å²) in [6, 6.07) is 0. The number of carbonyl (C=O) groups is 1. The van der Waals surface area contributed by atoms with Crippen molar-refractivity contribution in [3.05, 3.63) is 12.7 Å². The van der Waals surface area contributed by atoms with E-state index in [0.29, 0.717) is 0 Å². The second kappa shape index (κ2) is 5.08. The average molecular weight is 224 g/mol. The third kappa shape index (κ3) is 7.71. The van der Waals surface area contributed by atoms with Crippen LogP contribution in [-0.4, -0.2) is 30.2 Å². The molecule has 6 nitrogen and oxygen atoms in total. The highest BCUT2D eigenvalue weighted by atomic mass is 32.2. The predicted octanol–water partition coefficient (Wildman–Crippen LogP) is 0.117. The van der Waals surface area contributed by atoms with Gasteiger partial charge in [-0.05, 0) is 19.9 Å². The fourth-order valence-electron chi connectivity index (χ4n) is 0.877. The molecule has 0 rings (SSSR count). The Bertz CT molecular complexity index is 308. The van der Waals surface area contributed by atoms with Crippen LogP contribution in [0.25, 0.3) is 0 Å². The Morgan fingerprint density at radius 1 is 1.57 bits per heavy atom. The van der Waals surface area contributed by atoms with Gasteiger partial charge in [-0.15, -0.1) is 0 Å². The molecule has 0 spiro atoms. The number of hydrogen-bond acceptors (Lipinski definition) is 4. The molecule has 0 atom stereocenters. The summed E-state index contributed by atoms with van der Waals surface area (Å²) in [5.41, 5.74) is -1.00. The van der Waals surface area contributed by atoms with Gasteiger partial charge >= 0.3 is 0 Å². The minimum atomic E-state index is -4.08. The zero-order valence-corrected chi connectivity index (χ0v) is 9.10. The van der Waals surface area contributed by atoms with Gasteiger partial charge in [-0.25, -0.2) is 0 Å². The number of hydrogen-bond donors (Lipinski definition) is 3. The number of nitrogens with one attached hydrogen (secondary N) is 1. The topological polar surface area (TPSA) is 118 Å². The normalized spacial score (nSPS) is 11.4. The molecule has 0 aliphatic carbocycles. The quantitative estimate of drug-likeness (QED) is 0.463. The molecule has 5 N–H and O–H groups in total. The van der Waals surface area contributed by atoms with Gasteiger partial charge in [0.05, 0.1) is 11.3 Å². The van der Waals surface area contributed by atoms with E-state index >= 15 is 0 Å². The van der Waals surface area contributed by atoms with E-state index in [9.17, 15) is 13.2 Å². The minimum Gasteiger partial charge on any atom is -0.347 e. The van der Waals surface area contributed by atoms with Gasteiger partial charge in [0.25, 0.3) is 10.1 Å². The van der Waals surface area contributed by atoms with Gasteiger partial charge in [0, 0.05) is 0 Å². The average Bonchev–Trinajstić information content (AvgIpc) is 1.80. The van der Waals surface area contributed by atoms with Gasteiger partial charge in [0.2, 0.25) is 5.91 Å². The first kappa shape index (κ1) is 15.5. The van der Waals surface area contributed by atoms with Crippen LogP contribution in [0, 0.1) is 0 Å². The molecule has 0 fully saturated rings. The van der Waals surface area contributed by atoms with Crippen LogP contribution in [0.1, 0.15) is 13.8 Å². The van der Waals surface area contributed by atoms with E-state index in [1.54, 1.807) is 0 Å². The summed E-state index contributed by atoms with van der Waals surface area (Å²) in [7, 11) is -4.08. The van der Waals surface area contributed by atoms with Crippen molar-refractivity contribution in [1.29, 1.82) is 0 Å². The highest BCUT2D eigenvalue weighted by Gasteiger charge is 2.25. The monoisotopic (exact) mass is 224 g/mol. The van der Waals surface area contributed by atoms with Gasteiger partial charge < -0.3 is 11.5 Å². The van der Waals surface area contributed by atoms with Crippen LogP contribution in [0.4, 0.5) is 0 Å². The van der Waals surface area contributed by atoms with E-state index in [1.807, 2.05) is 0 Å². The van der Waals surface area contributed by atoms with Gasteiger partial charge in [-0.3, -0.25) is 9.35 Å². The lowest BCUT2D eigenvalue weighted by atomic mass is 10.1. The Labute approximate surface area is 83.7 Å². The molecule has 0 saturated heterocycles. The van der Waals surface area contributed by atoms with Crippen molar-refractivity contribution in [3.8, 4) is 0 Å². The van der Waals surface area contributed by atoms with E-state index in [0.717, 1.165) is 6.08 Å². The Kier molecular flexibility index (Phi) is 5.65. The summed E-state index contributed by atoms with van der Waals surface area (Å²) >= 11 is 0. The zero-order valence-electron chi connectivity index (χ0n) is 8.28. The highest BCUT2D eigenvalue weighted by Crippen LogP contribution is 2.05. The van der Waals surface area contributed by atoms with E-state index in [2.05, 4.69) is 11.9 Å². The summed E-state index contributed by atoms with van der Waals surface area (Å²) in [5.74, 6) is -1.01. The molecule has 14 heavy (non-hydrogen) atoms. The molecule has 0 aliphatic rings. The third-order valence-electron chi connectivity index (χ3n) is 1.19. The van der Waals surface area contributed by atoms with Gasteiger partial charge in [0.15, 0.2) is 0 Å². The van der Waals surface area contributed by atoms with Crippen LogP contribution in [0.15, 0.2) is 12.7 Å². The molecule has 0 bridgehead atoms. The third-order valence-corrected chi connectivity index (χ3v) is 2.28. The molecule has 0 aliphatic heterocycles. The first-order valence-corrected chi connectivity index (χ1v) is 5.17. The first-order chi connectivity index (χ1) is 5.66. The van der Waals surface area contributed by atoms with E-state index in [-0.39, 0.29) is 6.15 Å². The smallest absolute Gasteiger partial charge is 0.267 e. The summed E-state index contributed by atoms with van der Waals surface area (Å²) in [6.07, 6.45) is 1.03. The minimum absolute atomic E-state index is 0. The van der Waals surface area contributed by atoms with Crippen molar-refractivity contribution in [2.24, 2.45) is 0 Å². The lowest BCUT2D eigenvalue weighted by molar-refractivity contribution is -0.117. The number of amides is 1. The van der Waals surface area contributed by atoms with E-state index in [4.69, 9.17) is 4.55 Å². The summed E-state index contributed by atoms with van der Waals surface area (Å²) in [6.45, 7) is 6.19. The van der Waals surface area contributed by atoms with Crippen molar-refractivity contribution >= 4 is 16.0 Å². The fraction of sp³-hybridized carbons (Fsp3) is 0.571. The lowest BCUT2D eigenvalue weighted by Gasteiger charge is -2.23. The maximum Gasteiger partial charge on any atom is 0.267 e. The molecule has 0 aromatic carbocycles. The molecule has 84 valence electrons. The van der Waals surface area contributed by atoms with E-state index < -0.39 is 27.3 Å². The first-order valence-electron chi connectivity index (χ1n) is 3.56. The molecule has 0 aromatic rings. The van der Waals surface area contributed by atoms with Crippen LogP contribution in [0.5, 0.6) is 0 Å². The Hall–Kier alpha value is -0.920. The SMILES string of the molecule is C=CC(=O)NC(C)(C)CS(=O)(=O)O.N. The molecule has 1 amide bonds. The summed E-state index contributed by atoms with van der Waals surface area (Å²) in [4.78, 5) is 10.8. The maximum absolute atomic E-state index is 10.8. The lowest BCUT2D eigenvalue weighted by Crippen LogP contribution is -2.47. The molecule has 0 unspecified atom stereocenters. The molecule has 7 heteroatoms. The summed E-state index contributed by atoms with van der Waals surface area (Å²) < 4.78 is 29.5. The maximum atomic E-state index is 10.8. The Morgan fingerprint density at radius 3 is 2.29 bits per heavy atom. The van der Waals surface area contributed by atoms with Crippen molar-refractivity contribution in [2.45, 2.75) is 19.4 Å². The molecule has 0 aromatic heterocycles. The summed E-state index contributed by atoms with van der Waals surface area (Å²) in [5, 5.41) is 2.37. The molecule has 0 heterocycles. The number of carbonyl (C=O) groups excluding carboxylic acids is 1. The molecule has 0 saturated carbocycles. The predicted molar refractivity (Wildman–Crippen MR) is 53.9 cm³/mol. The zero-order chi connectivity index (χ0) is 10.7. The second-order valence-electron chi connectivity index (χ2n) is 3.30. The molecular formula is C7H16N2O4S. The van der Waals surface area contributed by atoms with Gasteiger partial charge in [-0.1, -0.05) is 6.58 Å². The largest absolute Gasteiger partial charge is 0.347 e. The van der Waals surface area contributed by atoms with Crippen molar-refractivity contribution in [3.63, 3.8) is 0 Å². The second-order valence-corrected chi connectivity index (χ2v) is 4.76. The number of rotatable bonds is 4.